The van der Waals surface area contributed by atoms with Crippen molar-refractivity contribution in [2.24, 2.45) is 0 Å². The number of nitrogens with one attached hydrogen (secondary N) is 1. The lowest BCUT2D eigenvalue weighted by Crippen LogP contribution is -2.51. The first kappa shape index (κ1) is 13.6. The Morgan fingerprint density at radius 1 is 1.45 bits per heavy atom. The van der Waals surface area contributed by atoms with Crippen molar-refractivity contribution in [1.29, 1.82) is 0 Å². The van der Waals surface area contributed by atoms with Crippen molar-refractivity contribution in [2.75, 3.05) is 37.8 Å². The zero-order valence-electron chi connectivity index (χ0n) is 11.9. The maximum absolute atomic E-state index is 5.61. The Morgan fingerprint density at radius 2 is 2.35 bits per heavy atom. The summed E-state index contributed by atoms with van der Waals surface area (Å²) >= 11 is 0. The molecule has 0 amide bonds. The summed E-state index contributed by atoms with van der Waals surface area (Å²) in [7, 11) is 0. The molecule has 1 saturated carbocycles. The van der Waals surface area contributed by atoms with Gasteiger partial charge in [-0.2, -0.15) is 0 Å². The molecule has 1 saturated heterocycles. The van der Waals surface area contributed by atoms with Crippen LogP contribution in [0.1, 0.15) is 19.8 Å². The van der Waals surface area contributed by atoms with Crippen LogP contribution in [-0.4, -0.2) is 55.0 Å². The van der Waals surface area contributed by atoms with Crippen molar-refractivity contribution >= 4 is 5.82 Å². The average Bonchev–Trinajstić information content (AvgIpc) is 3.30. The highest BCUT2D eigenvalue weighted by atomic mass is 16.5. The summed E-state index contributed by atoms with van der Waals surface area (Å²) in [5, 5.41) is 3.57. The molecule has 1 unspecified atom stereocenters. The molecule has 110 valence electrons. The molecule has 2 fully saturated rings. The summed E-state index contributed by atoms with van der Waals surface area (Å²) in [6, 6.07) is 2.95. The molecular formula is C14H22N4O2. The first-order valence-corrected chi connectivity index (χ1v) is 7.39. The van der Waals surface area contributed by atoms with Crippen molar-refractivity contribution in [1.82, 2.24) is 15.3 Å². The van der Waals surface area contributed by atoms with Gasteiger partial charge in [0.05, 0.1) is 25.9 Å². The summed E-state index contributed by atoms with van der Waals surface area (Å²) in [6.07, 6.45) is 4.17. The Kier molecular flexibility index (Phi) is 4.32. The second-order valence-electron chi connectivity index (χ2n) is 5.25. The topological polar surface area (TPSA) is 59.5 Å². The average molecular weight is 278 g/mol. The molecule has 1 aromatic heterocycles. The number of nitrogens with zero attached hydrogens (tertiary/aromatic N) is 3. The quantitative estimate of drug-likeness (QED) is 0.832. The van der Waals surface area contributed by atoms with Gasteiger partial charge in [0.2, 0.25) is 5.88 Å². The largest absolute Gasteiger partial charge is 0.478 e. The SMILES string of the molecule is CCOc1cc(N2CCOCC2CNC2CC2)ncn1. The third-order valence-electron chi connectivity index (χ3n) is 3.66. The lowest BCUT2D eigenvalue weighted by molar-refractivity contribution is 0.0932. The van der Waals surface area contributed by atoms with E-state index in [0.717, 1.165) is 32.1 Å². The van der Waals surface area contributed by atoms with Crippen LogP contribution in [0, 0.1) is 0 Å². The summed E-state index contributed by atoms with van der Waals surface area (Å²) in [4.78, 5) is 10.8. The van der Waals surface area contributed by atoms with Crippen LogP contribution >= 0.6 is 0 Å². The maximum Gasteiger partial charge on any atom is 0.218 e. The molecule has 0 spiro atoms. The number of aromatic nitrogens is 2. The van der Waals surface area contributed by atoms with Crippen LogP contribution < -0.4 is 15.0 Å². The first-order chi connectivity index (χ1) is 9.86. The molecule has 6 nitrogen and oxygen atoms in total. The first-order valence-electron chi connectivity index (χ1n) is 7.39. The number of ether oxygens (including phenoxy) is 2. The van der Waals surface area contributed by atoms with E-state index in [9.17, 15) is 0 Å². The fourth-order valence-electron chi connectivity index (χ4n) is 2.43. The lowest BCUT2D eigenvalue weighted by atomic mass is 10.2. The minimum Gasteiger partial charge on any atom is -0.478 e. The summed E-state index contributed by atoms with van der Waals surface area (Å²) in [5.74, 6) is 1.56. The summed E-state index contributed by atoms with van der Waals surface area (Å²) in [6.45, 7) is 5.87. The molecule has 20 heavy (non-hydrogen) atoms. The monoisotopic (exact) mass is 278 g/mol. The van der Waals surface area contributed by atoms with Gasteiger partial charge in [-0.25, -0.2) is 9.97 Å². The molecule has 3 rings (SSSR count). The zero-order chi connectivity index (χ0) is 13.8. The van der Waals surface area contributed by atoms with E-state index in [2.05, 4.69) is 20.2 Å². The van der Waals surface area contributed by atoms with E-state index < -0.39 is 0 Å². The van der Waals surface area contributed by atoms with Gasteiger partial charge in [0.15, 0.2) is 0 Å². The smallest absolute Gasteiger partial charge is 0.218 e. The second kappa shape index (κ2) is 6.37. The van der Waals surface area contributed by atoms with E-state index >= 15 is 0 Å². The third-order valence-corrected chi connectivity index (χ3v) is 3.66. The molecular weight excluding hydrogens is 256 g/mol. The van der Waals surface area contributed by atoms with Gasteiger partial charge < -0.3 is 19.7 Å². The van der Waals surface area contributed by atoms with Crippen LogP contribution in [0.5, 0.6) is 5.88 Å². The second-order valence-corrected chi connectivity index (χ2v) is 5.25. The van der Waals surface area contributed by atoms with Crippen molar-refractivity contribution in [3.63, 3.8) is 0 Å². The van der Waals surface area contributed by atoms with E-state index in [0.29, 0.717) is 24.6 Å². The van der Waals surface area contributed by atoms with E-state index in [1.165, 1.54) is 12.8 Å². The van der Waals surface area contributed by atoms with Gasteiger partial charge in [-0.1, -0.05) is 0 Å². The zero-order valence-corrected chi connectivity index (χ0v) is 11.9. The Hall–Kier alpha value is -1.40. The Labute approximate surface area is 119 Å². The van der Waals surface area contributed by atoms with Crippen LogP contribution in [0.25, 0.3) is 0 Å². The number of hydrogen-bond donors (Lipinski definition) is 1. The van der Waals surface area contributed by atoms with E-state index in [4.69, 9.17) is 9.47 Å². The molecule has 0 bridgehead atoms. The van der Waals surface area contributed by atoms with Gasteiger partial charge in [0.1, 0.15) is 12.1 Å². The fourth-order valence-corrected chi connectivity index (χ4v) is 2.43. The van der Waals surface area contributed by atoms with E-state index in [1.54, 1.807) is 6.33 Å². The van der Waals surface area contributed by atoms with Crippen LogP contribution in [0.4, 0.5) is 5.82 Å². The number of morpholine rings is 1. The fraction of sp³-hybridized carbons (Fsp3) is 0.714. The van der Waals surface area contributed by atoms with Crippen molar-refractivity contribution in [2.45, 2.75) is 31.8 Å². The molecule has 2 aliphatic rings. The summed E-state index contributed by atoms with van der Waals surface area (Å²) < 4.78 is 11.1. The minimum absolute atomic E-state index is 0.328. The molecule has 1 aliphatic heterocycles. The van der Waals surface area contributed by atoms with Gasteiger partial charge in [-0.05, 0) is 19.8 Å². The van der Waals surface area contributed by atoms with Gasteiger partial charge in [-0.3, -0.25) is 0 Å². The predicted octanol–water partition coefficient (Wildman–Crippen LogP) is 0.832. The lowest BCUT2D eigenvalue weighted by Gasteiger charge is -2.36. The number of anilines is 1. The third kappa shape index (κ3) is 3.37. The molecule has 1 aromatic rings. The highest BCUT2D eigenvalue weighted by Crippen LogP contribution is 2.22. The van der Waals surface area contributed by atoms with Crippen molar-refractivity contribution < 1.29 is 9.47 Å². The summed E-state index contributed by atoms with van der Waals surface area (Å²) in [5.41, 5.74) is 0. The van der Waals surface area contributed by atoms with E-state index in [-0.39, 0.29) is 0 Å². The minimum atomic E-state index is 0.328. The molecule has 6 heteroatoms. The standard InChI is InChI=1S/C14H22N4O2/c1-2-20-14-7-13(16-10-17-14)18-5-6-19-9-12(18)8-15-11-3-4-11/h7,10-12,15H,2-6,8-9H2,1H3. The maximum atomic E-state index is 5.61. The predicted molar refractivity (Wildman–Crippen MR) is 76.2 cm³/mol. The van der Waals surface area contributed by atoms with Crippen LogP contribution in [-0.2, 0) is 4.74 Å². The van der Waals surface area contributed by atoms with Crippen LogP contribution in [0.15, 0.2) is 12.4 Å². The van der Waals surface area contributed by atoms with Crippen LogP contribution in [0.3, 0.4) is 0 Å². The normalized spacial score (nSPS) is 22.9. The Bertz CT molecular complexity index is 439. The highest BCUT2D eigenvalue weighted by molar-refractivity contribution is 5.42. The van der Waals surface area contributed by atoms with E-state index in [1.807, 2.05) is 13.0 Å². The van der Waals surface area contributed by atoms with Gasteiger partial charge >= 0.3 is 0 Å². The Morgan fingerprint density at radius 3 is 3.15 bits per heavy atom. The van der Waals surface area contributed by atoms with Crippen LogP contribution in [0.2, 0.25) is 0 Å². The van der Waals surface area contributed by atoms with Gasteiger partial charge in [0, 0.05) is 25.2 Å². The molecule has 0 radical (unpaired) electrons. The van der Waals surface area contributed by atoms with Gasteiger partial charge in [0.25, 0.3) is 0 Å². The molecule has 0 aromatic carbocycles. The molecule has 1 N–H and O–H groups in total. The number of hydrogen-bond acceptors (Lipinski definition) is 6. The highest BCUT2D eigenvalue weighted by Gasteiger charge is 2.27. The molecule has 1 atom stereocenters. The molecule has 2 heterocycles. The molecule has 1 aliphatic carbocycles. The van der Waals surface area contributed by atoms with Crippen molar-refractivity contribution in [3.05, 3.63) is 12.4 Å². The number of rotatable bonds is 6. The Balaban J connectivity index is 1.68. The van der Waals surface area contributed by atoms with Gasteiger partial charge in [-0.15, -0.1) is 0 Å². The van der Waals surface area contributed by atoms with Crippen molar-refractivity contribution in [3.8, 4) is 5.88 Å².